The lowest BCUT2D eigenvalue weighted by Crippen LogP contribution is -2.10. The zero-order valence-corrected chi connectivity index (χ0v) is 6.84. The van der Waals surface area contributed by atoms with E-state index in [4.69, 9.17) is 15.3 Å². The second-order valence-electron chi connectivity index (χ2n) is 1.89. The predicted molar refractivity (Wildman–Crippen MR) is 40.4 cm³/mol. The molecule has 0 radical (unpaired) electrons. The molecule has 1 heterocycles. The molecule has 1 rings (SSSR count). The third-order valence-corrected chi connectivity index (χ3v) is 1.57. The monoisotopic (exact) mass is 205 g/mol. The molecule has 4 heteroatoms. The van der Waals surface area contributed by atoms with Crippen LogP contribution in [0, 0.1) is 0 Å². The molecule has 0 aromatic carbocycles. The number of hydrogen-bond donors (Lipinski definition) is 2. The Hall–Kier alpha value is -0.320. The maximum absolute atomic E-state index is 9.10. The first-order chi connectivity index (χ1) is 4.74. The molecule has 0 bridgehead atoms. The van der Waals surface area contributed by atoms with Gasteiger partial charge in [0.25, 0.3) is 0 Å². The highest BCUT2D eigenvalue weighted by Crippen LogP contribution is 2.19. The molecule has 0 saturated carbocycles. The largest absolute Gasteiger partial charge is 0.452 e. The van der Waals surface area contributed by atoms with Crippen molar-refractivity contribution in [2.45, 2.75) is 6.10 Å². The van der Waals surface area contributed by atoms with Gasteiger partial charge in [-0.1, -0.05) is 0 Å². The summed E-state index contributed by atoms with van der Waals surface area (Å²) in [6.07, 6.45) is -0.689. The van der Waals surface area contributed by atoms with Gasteiger partial charge in [0.1, 0.15) is 11.9 Å². The molecule has 0 amide bonds. The number of aliphatic hydroxyl groups is 1. The van der Waals surface area contributed by atoms with Gasteiger partial charge in [-0.15, -0.1) is 0 Å². The van der Waals surface area contributed by atoms with Gasteiger partial charge in [-0.2, -0.15) is 0 Å². The fourth-order valence-electron chi connectivity index (χ4n) is 0.624. The fourth-order valence-corrected chi connectivity index (χ4v) is 0.943. The molecule has 1 aromatic heterocycles. The Morgan fingerprint density at radius 2 is 2.40 bits per heavy atom. The van der Waals surface area contributed by atoms with Crippen molar-refractivity contribution in [2.75, 3.05) is 6.54 Å². The van der Waals surface area contributed by atoms with Crippen molar-refractivity contribution < 1.29 is 9.52 Å². The van der Waals surface area contributed by atoms with Gasteiger partial charge < -0.3 is 15.3 Å². The van der Waals surface area contributed by atoms with Gasteiger partial charge in [0.15, 0.2) is 4.67 Å². The van der Waals surface area contributed by atoms with Crippen LogP contribution in [0.25, 0.3) is 0 Å². The van der Waals surface area contributed by atoms with E-state index < -0.39 is 6.10 Å². The van der Waals surface area contributed by atoms with Crippen LogP contribution in [-0.4, -0.2) is 11.7 Å². The van der Waals surface area contributed by atoms with Crippen LogP contribution >= 0.6 is 15.9 Å². The first kappa shape index (κ1) is 7.78. The smallest absolute Gasteiger partial charge is 0.169 e. The highest BCUT2D eigenvalue weighted by Gasteiger charge is 2.08. The van der Waals surface area contributed by atoms with E-state index in [-0.39, 0.29) is 6.54 Å². The molecule has 0 saturated heterocycles. The van der Waals surface area contributed by atoms with Crippen LogP contribution in [0.4, 0.5) is 0 Å². The minimum atomic E-state index is -0.689. The maximum atomic E-state index is 9.10. The normalized spacial score (nSPS) is 13.5. The van der Waals surface area contributed by atoms with Crippen LogP contribution in [-0.2, 0) is 0 Å². The van der Waals surface area contributed by atoms with E-state index in [9.17, 15) is 0 Å². The first-order valence-electron chi connectivity index (χ1n) is 2.87. The molecule has 3 N–H and O–H groups in total. The van der Waals surface area contributed by atoms with Gasteiger partial charge in [-0.3, -0.25) is 0 Å². The summed E-state index contributed by atoms with van der Waals surface area (Å²) >= 11 is 3.11. The lowest BCUT2D eigenvalue weighted by molar-refractivity contribution is 0.156. The number of hydrogen-bond acceptors (Lipinski definition) is 3. The van der Waals surface area contributed by atoms with Crippen LogP contribution in [0.5, 0.6) is 0 Å². The van der Waals surface area contributed by atoms with Crippen molar-refractivity contribution in [1.29, 1.82) is 0 Å². The Kier molecular flexibility index (Phi) is 2.48. The van der Waals surface area contributed by atoms with Crippen LogP contribution in [0.15, 0.2) is 21.2 Å². The van der Waals surface area contributed by atoms with Crippen LogP contribution in [0.1, 0.15) is 11.9 Å². The second-order valence-corrected chi connectivity index (χ2v) is 2.67. The SMILES string of the molecule is NCC(O)c1ccc(Br)o1. The van der Waals surface area contributed by atoms with Crippen LogP contribution in [0.2, 0.25) is 0 Å². The van der Waals surface area contributed by atoms with Crippen molar-refractivity contribution in [2.24, 2.45) is 5.73 Å². The predicted octanol–water partition coefficient (Wildman–Crippen LogP) is 1.03. The summed E-state index contributed by atoms with van der Waals surface area (Å²) in [5, 5.41) is 9.10. The van der Waals surface area contributed by atoms with E-state index in [1.165, 1.54) is 0 Å². The summed E-state index contributed by atoms with van der Waals surface area (Å²) in [6.45, 7) is 0.181. The van der Waals surface area contributed by atoms with Gasteiger partial charge in [-0.05, 0) is 28.1 Å². The molecule has 1 aromatic rings. The molecule has 0 fully saturated rings. The summed E-state index contributed by atoms with van der Waals surface area (Å²) in [7, 11) is 0. The van der Waals surface area contributed by atoms with Crippen molar-refractivity contribution in [3.8, 4) is 0 Å². The molecule has 3 nitrogen and oxygen atoms in total. The molecule has 1 unspecified atom stereocenters. The van der Waals surface area contributed by atoms with E-state index in [0.29, 0.717) is 10.4 Å². The summed E-state index contributed by atoms with van der Waals surface area (Å²) < 4.78 is 5.63. The van der Waals surface area contributed by atoms with Crippen LogP contribution < -0.4 is 5.73 Å². The van der Waals surface area contributed by atoms with E-state index in [1.807, 2.05) is 0 Å². The Balaban J connectivity index is 2.74. The third-order valence-electron chi connectivity index (χ3n) is 1.15. The standard InChI is InChI=1S/C6H8BrNO2/c7-6-2-1-5(10-6)4(9)3-8/h1-2,4,9H,3,8H2. The molecular formula is C6H8BrNO2. The summed E-state index contributed by atoms with van der Waals surface area (Å²) in [4.78, 5) is 0. The van der Waals surface area contributed by atoms with E-state index in [1.54, 1.807) is 12.1 Å². The molecule has 0 spiro atoms. The van der Waals surface area contributed by atoms with Crippen molar-refractivity contribution in [3.63, 3.8) is 0 Å². The van der Waals surface area contributed by atoms with Crippen molar-refractivity contribution in [3.05, 3.63) is 22.6 Å². The van der Waals surface area contributed by atoms with Crippen molar-refractivity contribution >= 4 is 15.9 Å². The average Bonchev–Trinajstić information content (AvgIpc) is 2.34. The van der Waals surface area contributed by atoms with Crippen molar-refractivity contribution in [1.82, 2.24) is 0 Å². The zero-order chi connectivity index (χ0) is 7.56. The molecular weight excluding hydrogens is 198 g/mol. The topological polar surface area (TPSA) is 59.4 Å². The minimum absolute atomic E-state index is 0.181. The maximum Gasteiger partial charge on any atom is 0.169 e. The molecule has 10 heavy (non-hydrogen) atoms. The zero-order valence-electron chi connectivity index (χ0n) is 5.25. The fraction of sp³-hybridized carbons (Fsp3) is 0.333. The second kappa shape index (κ2) is 3.18. The third kappa shape index (κ3) is 1.59. The number of halogens is 1. The van der Waals surface area contributed by atoms with Gasteiger partial charge >= 0.3 is 0 Å². The summed E-state index contributed by atoms with van der Waals surface area (Å²) in [5.74, 6) is 0.495. The quantitative estimate of drug-likeness (QED) is 0.759. The first-order valence-corrected chi connectivity index (χ1v) is 3.66. The molecule has 56 valence electrons. The Morgan fingerprint density at radius 1 is 1.70 bits per heavy atom. The summed E-state index contributed by atoms with van der Waals surface area (Å²) in [5.41, 5.74) is 5.19. The lowest BCUT2D eigenvalue weighted by atomic mass is 10.3. The van der Waals surface area contributed by atoms with E-state index >= 15 is 0 Å². The van der Waals surface area contributed by atoms with Gasteiger partial charge in [0.05, 0.1) is 0 Å². The van der Waals surface area contributed by atoms with E-state index in [0.717, 1.165) is 0 Å². The van der Waals surface area contributed by atoms with Crippen LogP contribution in [0.3, 0.4) is 0 Å². The number of nitrogens with two attached hydrogens (primary N) is 1. The Labute approximate surface area is 67.0 Å². The number of aliphatic hydroxyl groups excluding tert-OH is 1. The summed E-state index contributed by atoms with van der Waals surface area (Å²) in [6, 6.07) is 3.40. The molecule has 0 aliphatic rings. The van der Waals surface area contributed by atoms with Gasteiger partial charge in [0, 0.05) is 6.54 Å². The van der Waals surface area contributed by atoms with Gasteiger partial charge in [-0.25, -0.2) is 0 Å². The molecule has 1 atom stereocenters. The number of rotatable bonds is 2. The molecule has 0 aliphatic carbocycles. The van der Waals surface area contributed by atoms with E-state index in [2.05, 4.69) is 15.9 Å². The highest BCUT2D eigenvalue weighted by molar-refractivity contribution is 9.10. The lowest BCUT2D eigenvalue weighted by Gasteiger charge is -2.00. The highest BCUT2D eigenvalue weighted by atomic mass is 79.9. The molecule has 0 aliphatic heterocycles. The number of furan rings is 1. The Bertz CT molecular complexity index is 211. The average molecular weight is 206 g/mol. The minimum Gasteiger partial charge on any atom is -0.452 e. The van der Waals surface area contributed by atoms with Gasteiger partial charge in [0.2, 0.25) is 0 Å². The Morgan fingerprint density at radius 3 is 2.80 bits per heavy atom.